The Bertz CT molecular complexity index is 1150. The zero-order valence-electron chi connectivity index (χ0n) is 20.1. The number of carbonyl (C=O) groups is 1. The molecule has 0 bridgehead atoms. The number of aromatic amines is 1. The molecule has 0 saturated carbocycles. The van der Waals surface area contributed by atoms with Gasteiger partial charge >= 0.3 is 6.03 Å². The number of methoxy groups -OCH3 is 1. The van der Waals surface area contributed by atoms with Crippen LogP contribution in [0.2, 0.25) is 0 Å². The summed E-state index contributed by atoms with van der Waals surface area (Å²) < 4.78 is 5.42. The minimum atomic E-state index is -0.204. The number of aromatic nitrogens is 3. The van der Waals surface area contributed by atoms with Crippen LogP contribution in [0.4, 0.5) is 10.6 Å². The zero-order chi connectivity index (χ0) is 23.7. The van der Waals surface area contributed by atoms with Gasteiger partial charge in [-0.25, -0.2) is 9.78 Å². The summed E-state index contributed by atoms with van der Waals surface area (Å²) in [6.07, 6.45) is 6.35. The molecule has 0 aliphatic carbocycles. The van der Waals surface area contributed by atoms with Gasteiger partial charge in [-0.2, -0.15) is 5.10 Å². The topological polar surface area (TPSA) is 77.6 Å². The van der Waals surface area contributed by atoms with Crippen LogP contribution in [-0.2, 0) is 13.0 Å². The van der Waals surface area contributed by atoms with Gasteiger partial charge in [-0.1, -0.05) is 19.1 Å². The van der Waals surface area contributed by atoms with Crippen molar-refractivity contribution in [3.05, 3.63) is 60.0 Å². The van der Waals surface area contributed by atoms with Crippen molar-refractivity contribution >= 4 is 11.8 Å². The SMILES string of the molecule is CCc1nc(N2CC3(CCN(C)CC3)N(Cc3cccc(OC)c3)C2=O)ccc1-c1cn[nH]c1. The predicted octanol–water partition coefficient (Wildman–Crippen LogP) is 3.95. The number of hydrogen-bond acceptors (Lipinski definition) is 5. The molecule has 0 atom stereocenters. The van der Waals surface area contributed by atoms with E-state index in [2.05, 4.69) is 46.1 Å². The van der Waals surface area contributed by atoms with Gasteiger partial charge in [-0.3, -0.25) is 10.00 Å². The molecule has 34 heavy (non-hydrogen) atoms. The molecule has 178 valence electrons. The van der Waals surface area contributed by atoms with E-state index in [1.807, 2.05) is 35.4 Å². The van der Waals surface area contributed by atoms with Gasteiger partial charge < -0.3 is 14.5 Å². The van der Waals surface area contributed by atoms with E-state index in [1.165, 1.54) is 0 Å². The molecule has 4 heterocycles. The number of nitrogens with one attached hydrogen (secondary N) is 1. The lowest BCUT2D eigenvalue weighted by Gasteiger charge is -2.42. The summed E-state index contributed by atoms with van der Waals surface area (Å²) in [7, 11) is 3.82. The van der Waals surface area contributed by atoms with Crippen LogP contribution in [0, 0.1) is 0 Å². The average Bonchev–Trinajstić information content (AvgIpc) is 3.49. The highest BCUT2D eigenvalue weighted by molar-refractivity contribution is 5.94. The predicted molar refractivity (Wildman–Crippen MR) is 132 cm³/mol. The number of aryl methyl sites for hydroxylation is 1. The number of ether oxygens (including phenoxy) is 1. The maximum absolute atomic E-state index is 13.9. The summed E-state index contributed by atoms with van der Waals surface area (Å²) in [6, 6.07) is 12.1. The molecule has 0 unspecified atom stereocenters. The summed E-state index contributed by atoms with van der Waals surface area (Å²) in [4.78, 5) is 25.1. The number of rotatable bonds is 6. The van der Waals surface area contributed by atoms with Crippen molar-refractivity contribution in [1.82, 2.24) is 25.0 Å². The van der Waals surface area contributed by atoms with Gasteiger partial charge in [0.2, 0.25) is 0 Å². The zero-order valence-corrected chi connectivity index (χ0v) is 20.1. The van der Waals surface area contributed by atoms with Crippen molar-refractivity contribution in [3.63, 3.8) is 0 Å². The van der Waals surface area contributed by atoms with Gasteiger partial charge in [-0.15, -0.1) is 0 Å². The standard InChI is InChI=1S/C26H32N6O2/c1-4-23-22(20-15-27-28-16-20)8-9-24(29-23)31-18-26(10-12-30(2)13-11-26)32(25(31)33)17-19-6-5-7-21(14-19)34-3/h5-9,14-16H,4,10-13,17-18H2,1-3H3,(H,27,28). The molecule has 2 amide bonds. The fourth-order valence-corrected chi connectivity index (χ4v) is 5.20. The lowest BCUT2D eigenvalue weighted by Crippen LogP contribution is -2.53. The van der Waals surface area contributed by atoms with E-state index in [9.17, 15) is 4.79 Å². The number of likely N-dealkylation sites (tertiary alicyclic amines) is 1. The Balaban J connectivity index is 1.48. The number of amides is 2. The summed E-state index contributed by atoms with van der Waals surface area (Å²) >= 11 is 0. The smallest absolute Gasteiger partial charge is 0.326 e. The molecule has 1 aromatic carbocycles. The Morgan fingerprint density at radius 3 is 2.71 bits per heavy atom. The number of nitrogens with zero attached hydrogens (tertiary/aromatic N) is 5. The van der Waals surface area contributed by atoms with Crippen molar-refractivity contribution in [2.75, 3.05) is 38.7 Å². The second-order valence-electron chi connectivity index (χ2n) is 9.34. The van der Waals surface area contributed by atoms with Crippen LogP contribution in [0.15, 0.2) is 48.8 Å². The van der Waals surface area contributed by atoms with Crippen molar-refractivity contribution in [1.29, 1.82) is 0 Å². The van der Waals surface area contributed by atoms with Crippen molar-refractivity contribution < 1.29 is 9.53 Å². The first-order valence-electron chi connectivity index (χ1n) is 11.9. The van der Waals surface area contributed by atoms with Crippen LogP contribution in [0.5, 0.6) is 5.75 Å². The van der Waals surface area contributed by atoms with E-state index in [0.717, 1.165) is 66.3 Å². The molecule has 2 aromatic heterocycles. The molecule has 8 nitrogen and oxygen atoms in total. The first kappa shape index (κ1) is 22.4. The van der Waals surface area contributed by atoms with Crippen molar-refractivity contribution in [3.8, 4) is 16.9 Å². The summed E-state index contributed by atoms with van der Waals surface area (Å²) in [5, 5.41) is 6.95. The largest absolute Gasteiger partial charge is 0.497 e. The summed E-state index contributed by atoms with van der Waals surface area (Å²) in [6.45, 7) is 5.26. The van der Waals surface area contributed by atoms with Crippen LogP contribution >= 0.6 is 0 Å². The van der Waals surface area contributed by atoms with Gasteiger partial charge in [-0.05, 0) is 56.1 Å². The highest BCUT2D eigenvalue weighted by Crippen LogP contribution is 2.39. The highest BCUT2D eigenvalue weighted by Gasteiger charge is 2.51. The quantitative estimate of drug-likeness (QED) is 0.603. The van der Waals surface area contributed by atoms with Gasteiger partial charge in [0.15, 0.2) is 0 Å². The minimum absolute atomic E-state index is 0.0259. The van der Waals surface area contributed by atoms with Gasteiger partial charge in [0.1, 0.15) is 11.6 Å². The molecule has 2 aliphatic rings. The number of H-pyrrole nitrogens is 1. The van der Waals surface area contributed by atoms with Crippen LogP contribution in [0.1, 0.15) is 31.0 Å². The Labute approximate surface area is 200 Å². The molecule has 0 radical (unpaired) electrons. The summed E-state index contributed by atoms with van der Waals surface area (Å²) in [5.41, 5.74) is 3.90. The molecule has 2 fully saturated rings. The first-order chi connectivity index (χ1) is 16.5. The second-order valence-corrected chi connectivity index (χ2v) is 9.34. The van der Waals surface area contributed by atoms with Crippen molar-refractivity contribution in [2.24, 2.45) is 0 Å². The van der Waals surface area contributed by atoms with Gasteiger partial charge in [0.05, 0.1) is 31.1 Å². The van der Waals surface area contributed by atoms with Crippen LogP contribution in [-0.4, -0.2) is 70.3 Å². The van der Waals surface area contributed by atoms with E-state index >= 15 is 0 Å². The monoisotopic (exact) mass is 460 g/mol. The lowest BCUT2D eigenvalue weighted by molar-refractivity contribution is 0.0825. The van der Waals surface area contributed by atoms with E-state index < -0.39 is 0 Å². The Hall–Kier alpha value is -3.39. The first-order valence-corrected chi connectivity index (χ1v) is 11.9. The maximum Gasteiger partial charge on any atom is 0.326 e. The number of piperidine rings is 1. The molecule has 3 aromatic rings. The molecule has 8 heteroatoms. The fourth-order valence-electron chi connectivity index (χ4n) is 5.20. The molecule has 2 aliphatic heterocycles. The molecule has 1 N–H and O–H groups in total. The highest BCUT2D eigenvalue weighted by atomic mass is 16.5. The third kappa shape index (κ3) is 4.03. The van der Waals surface area contributed by atoms with E-state index in [-0.39, 0.29) is 11.6 Å². The maximum atomic E-state index is 13.9. The van der Waals surface area contributed by atoms with E-state index in [0.29, 0.717) is 13.1 Å². The number of carbonyl (C=O) groups excluding carboxylic acids is 1. The third-order valence-corrected chi connectivity index (χ3v) is 7.26. The van der Waals surface area contributed by atoms with Gasteiger partial charge in [0, 0.05) is 37.0 Å². The average molecular weight is 461 g/mol. The fraction of sp³-hybridized carbons (Fsp3) is 0.423. The molecular formula is C26H32N6O2. The van der Waals surface area contributed by atoms with Gasteiger partial charge in [0.25, 0.3) is 0 Å². The Morgan fingerprint density at radius 2 is 2.00 bits per heavy atom. The number of urea groups is 1. The normalized spacial score (nSPS) is 18.1. The Kier molecular flexibility index (Phi) is 6.00. The van der Waals surface area contributed by atoms with Crippen LogP contribution < -0.4 is 9.64 Å². The molecule has 1 spiro atoms. The van der Waals surface area contributed by atoms with Crippen LogP contribution in [0.3, 0.4) is 0 Å². The molecule has 5 rings (SSSR count). The minimum Gasteiger partial charge on any atom is -0.497 e. The third-order valence-electron chi connectivity index (χ3n) is 7.26. The van der Waals surface area contributed by atoms with Crippen LogP contribution in [0.25, 0.3) is 11.1 Å². The second kappa shape index (κ2) is 9.10. The van der Waals surface area contributed by atoms with E-state index in [1.54, 1.807) is 13.3 Å². The lowest BCUT2D eigenvalue weighted by atomic mass is 9.86. The summed E-state index contributed by atoms with van der Waals surface area (Å²) in [5.74, 6) is 1.53. The number of hydrogen-bond donors (Lipinski definition) is 1. The molecule has 2 saturated heterocycles. The molecular weight excluding hydrogens is 428 g/mol. The number of benzene rings is 1. The van der Waals surface area contributed by atoms with E-state index in [4.69, 9.17) is 9.72 Å². The van der Waals surface area contributed by atoms with Crippen molar-refractivity contribution in [2.45, 2.75) is 38.3 Å². The number of pyridine rings is 1. The number of anilines is 1. The Morgan fingerprint density at radius 1 is 1.18 bits per heavy atom.